The average molecular weight is 283 g/mol. The molecule has 1 aliphatic rings. The molecule has 1 atom stereocenters. The molecule has 3 heterocycles. The maximum Gasteiger partial charge on any atom is 0.419 e. The number of rotatable bonds is 1. The lowest BCUT2D eigenvalue weighted by Gasteiger charge is -2.13. The summed E-state index contributed by atoms with van der Waals surface area (Å²) >= 11 is 0. The minimum Gasteiger partial charge on any atom is -0.316 e. The molecule has 20 heavy (non-hydrogen) atoms. The largest absolute Gasteiger partial charge is 0.419 e. The molecule has 1 N–H and O–H groups in total. The van der Waals surface area contributed by atoms with E-state index in [4.69, 9.17) is 0 Å². The third-order valence-corrected chi connectivity index (χ3v) is 3.49. The summed E-state index contributed by atoms with van der Waals surface area (Å²) in [4.78, 5) is 16.1. The van der Waals surface area contributed by atoms with Gasteiger partial charge in [-0.1, -0.05) is 0 Å². The fourth-order valence-corrected chi connectivity index (χ4v) is 2.48. The summed E-state index contributed by atoms with van der Waals surface area (Å²) in [6, 6.07) is 3.47. The molecule has 0 saturated carbocycles. The molecule has 0 spiro atoms. The Morgan fingerprint density at radius 3 is 2.85 bits per heavy atom. The Balaban J connectivity index is 2.25. The van der Waals surface area contributed by atoms with E-state index in [1.54, 1.807) is 0 Å². The van der Waals surface area contributed by atoms with Crippen molar-refractivity contribution in [2.24, 2.45) is 0 Å². The maximum absolute atomic E-state index is 13.0. The van der Waals surface area contributed by atoms with Crippen LogP contribution in [0.3, 0.4) is 0 Å². The summed E-state index contributed by atoms with van der Waals surface area (Å²) in [5.74, 6) is -0.00557. The monoisotopic (exact) mass is 283 g/mol. The van der Waals surface area contributed by atoms with E-state index < -0.39 is 17.3 Å². The van der Waals surface area contributed by atoms with Gasteiger partial charge in [0.1, 0.15) is 0 Å². The second-order valence-corrected chi connectivity index (χ2v) is 4.82. The van der Waals surface area contributed by atoms with Crippen LogP contribution in [0, 0.1) is 0 Å². The molecule has 1 aliphatic heterocycles. The lowest BCUT2D eigenvalue weighted by molar-refractivity contribution is -0.136. The number of pyridine rings is 1. The molecule has 0 amide bonds. The fourth-order valence-electron chi connectivity index (χ4n) is 2.48. The van der Waals surface area contributed by atoms with Crippen molar-refractivity contribution in [2.75, 3.05) is 13.1 Å². The predicted octanol–water partition coefficient (Wildman–Crippen LogP) is 1.79. The van der Waals surface area contributed by atoms with E-state index in [0.29, 0.717) is 12.2 Å². The number of nitrogens with zero attached hydrogens (tertiary/aromatic N) is 2. The van der Waals surface area contributed by atoms with Gasteiger partial charge in [0, 0.05) is 24.7 Å². The lowest BCUT2D eigenvalue weighted by Crippen LogP contribution is -2.21. The van der Waals surface area contributed by atoms with Gasteiger partial charge in [-0.05, 0) is 25.1 Å². The molecule has 1 fully saturated rings. The molecule has 1 unspecified atom stereocenters. The van der Waals surface area contributed by atoms with E-state index in [1.807, 2.05) is 0 Å². The van der Waals surface area contributed by atoms with Crippen molar-refractivity contribution in [2.45, 2.75) is 18.5 Å². The van der Waals surface area contributed by atoms with Crippen molar-refractivity contribution >= 4 is 5.65 Å². The number of aromatic nitrogens is 2. The Morgan fingerprint density at radius 1 is 1.40 bits per heavy atom. The number of halogens is 3. The van der Waals surface area contributed by atoms with Gasteiger partial charge in [-0.25, -0.2) is 4.98 Å². The predicted molar refractivity (Wildman–Crippen MR) is 66.7 cm³/mol. The summed E-state index contributed by atoms with van der Waals surface area (Å²) in [6.45, 7) is 1.42. The number of alkyl halides is 3. The smallest absolute Gasteiger partial charge is 0.316 e. The van der Waals surface area contributed by atoms with Crippen LogP contribution in [-0.4, -0.2) is 22.5 Å². The zero-order chi connectivity index (χ0) is 14.3. The van der Waals surface area contributed by atoms with Crippen molar-refractivity contribution in [1.82, 2.24) is 14.7 Å². The lowest BCUT2D eigenvalue weighted by atomic mass is 10.0. The van der Waals surface area contributed by atoms with Gasteiger partial charge in [0.15, 0.2) is 5.65 Å². The van der Waals surface area contributed by atoms with Crippen molar-refractivity contribution in [3.05, 3.63) is 46.0 Å². The highest BCUT2D eigenvalue weighted by molar-refractivity contribution is 5.49. The first kappa shape index (κ1) is 13.1. The van der Waals surface area contributed by atoms with Crippen molar-refractivity contribution in [3.63, 3.8) is 0 Å². The molecular weight excluding hydrogens is 271 g/mol. The van der Waals surface area contributed by atoms with E-state index in [1.165, 1.54) is 18.3 Å². The zero-order valence-electron chi connectivity index (χ0n) is 10.4. The Labute approximate surface area is 112 Å². The average Bonchev–Trinajstić information content (AvgIpc) is 2.90. The minimum absolute atomic E-state index is 0.00557. The van der Waals surface area contributed by atoms with Crippen molar-refractivity contribution in [3.8, 4) is 0 Å². The highest BCUT2D eigenvalue weighted by atomic mass is 19.4. The van der Waals surface area contributed by atoms with Crippen LogP contribution in [0.4, 0.5) is 13.2 Å². The second kappa shape index (κ2) is 4.59. The van der Waals surface area contributed by atoms with Crippen molar-refractivity contribution in [1.29, 1.82) is 0 Å². The molecule has 106 valence electrons. The van der Waals surface area contributed by atoms with Gasteiger partial charge in [0.25, 0.3) is 5.56 Å². The summed E-state index contributed by atoms with van der Waals surface area (Å²) in [7, 11) is 0. The van der Waals surface area contributed by atoms with Crippen LogP contribution in [0.1, 0.15) is 23.6 Å². The van der Waals surface area contributed by atoms with Crippen LogP contribution in [0.2, 0.25) is 0 Å². The first-order valence-corrected chi connectivity index (χ1v) is 6.27. The number of hydrogen-bond donors (Lipinski definition) is 1. The van der Waals surface area contributed by atoms with Gasteiger partial charge in [0.05, 0.1) is 11.3 Å². The molecule has 2 aromatic rings. The zero-order valence-corrected chi connectivity index (χ0v) is 10.4. The first-order valence-electron chi connectivity index (χ1n) is 6.27. The molecule has 0 aliphatic carbocycles. The Hall–Kier alpha value is -1.89. The third kappa shape index (κ3) is 2.18. The second-order valence-electron chi connectivity index (χ2n) is 4.82. The van der Waals surface area contributed by atoms with Crippen LogP contribution in [-0.2, 0) is 6.18 Å². The number of hydrogen-bond acceptors (Lipinski definition) is 3. The van der Waals surface area contributed by atoms with E-state index in [-0.39, 0.29) is 11.6 Å². The van der Waals surface area contributed by atoms with Crippen LogP contribution in [0.5, 0.6) is 0 Å². The minimum atomic E-state index is -4.53. The van der Waals surface area contributed by atoms with Crippen LogP contribution >= 0.6 is 0 Å². The van der Waals surface area contributed by atoms with E-state index in [0.717, 1.165) is 23.4 Å². The summed E-state index contributed by atoms with van der Waals surface area (Å²) in [6.07, 6.45) is -2.45. The van der Waals surface area contributed by atoms with Crippen LogP contribution < -0.4 is 10.9 Å². The number of nitrogens with one attached hydrogen (secondary N) is 1. The molecule has 4 nitrogen and oxygen atoms in total. The van der Waals surface area contributed by atoms with Crippen LogP contribution in [0.25, 0.3) is 5.65 Å². The summed E-state index contributed by atoms with van der Waals surface area (Å²) in [5.41, 5.74) is -1.26. The van der Waals surface area contributed by atoms with E-state index in [9.17, 15) is 18.0 Å². The standard InChI is InChI=1S/C13H12F3N3O/c14-13(15,16)9-2-1-5-19-11(20)6-10(18-12(9)19)8-3-4-17-7-8/h1-2,5-6,8,17H,3-4,7H2. The van der Waals surface area contributed by atoms with Crippen LogP contribution in [0.15, 0.2) is 29.2 Å². The molecule has 0 bridgehead atoms. The highest BCUT2D eigenvalue weighted by Gasteiger charge is 2.34. The van der Waals surface area contributed by atoms with Gasteiger partial charge < -0.3 is 5.32 Å². The molecule has 3 rings (SSSR count). The normalized spacial score (nSPS) is 19.6. The first-order chi connectivity index (χ1) is 9.47. The van der Waals surface area contributed by atoms with Gasteiger partial charge in [-0.15, -0.1) is 0 Å². The Bertz CT molecular complexity index is 702. The number of fused-ring (bicyclic) bond motifs is 1. The summed E-state index contributed by atoms with van der Waals surface area (Å²) in [5, 5.41) is 3.11. The molecule has 1 saturated heterocycles. The van der Waals surface area contributed by atoms with E-state index >= 15 is 0 Å². The SMILES string of the molecule is O=c1cc(C2CCNC2)nc2c(C(F)(F)F)cccn12. The molecule has 0 radical (unpaired) electrons. The Kier molecular flexibility index (Phi) is 3.01. The summed E-state index contributed by atoms with van der Waals surface area (Å²) < 4.78 is 39.9. The van der Waals surface area contributed by atoms with Gasteiger partial charge in [0.2, 0.25) is 0 Å². The maximum atomic E-state index is 13.0. The van der Waals surface area contributed by atoms with Gasteiger partial charge in [-0.2, -0.15) is 13.2 Å². The van der Waals surface area contributed by atoms with Gasteiger partial charge in [-0.3, -0.25) is 9.20 Å². The molecule has 2 aromatic heterocycles. The quantitative estimate of drug-likeness (QED) is 0.868. The Morgan fingerprint density at radius 2 is 2.20 bits per heavy atom. The van der Waals surface area contributed by atoms with Crippen molar-refractivity contribution < 1.29 is 13.2 Å². The van der Waals surface area contributed by atoms with Gasteiger partial charge >= 0.3 is 6.18 Å². The molecule has 0 aromatic carbocycles. The highest BCUT2D eigenvalue weighted by Crippen LogP contribution is 2.31. The molecule has 7 heteroatoms. The topological polar surface area (TPSA) is 46.4 Å². The van der Waals surface area contributed by atoms with E-state index in [2.05, 4.69) is 10.3 Å². The molecular formula is C13H12F3N3O. The fraction of sp³-hybridized carbons (Fsp3) is 0.385. The third-order valence-electron chi connectivity index (χ3n) is 3.49.